The lowest BCUT2D eigenvalue weighted by Crippen LogP contribution is -2.47. The van der Waals surface area contributed by atoms with Crippen LogP contribution in [-0.4, -0.2) is 82.8 Å². The maximum absolute atomic E-state index is 14.3. The summed E-state index contributed by atoms with van der Waals surface area (Å²) < 4.78 is 91.7. The van der Waals surface area contributed by atoms with Crippen LogP contribution in [0.15, 0.2) is 47.2 Å². The molecular weight excluding hydrogens is 797 g/mol. The summed E-state index contributed by atoms with van der Waals surface area (Å²) in [7, 11) is -6.74. The Bertz CT molecular complexity index is 2030. The van der Waals surface area contributed by atoms with Gasteiger partial charge >= 0.3 is 13.7 Å². The number of esters is 1. The van der Waals surface area contributed by atoms with E-state index in [1.165, 1.54) is 37.9 Å². The summed E-state index contributed by atoms with van der Waals surface area (Å²) in [6.07, 6.45) is 3.76. The van der Waals surface area contributed by atoms with Crippen LogP contribution in [0.4, 0.5) is 20.5 Å². The molecule has 5 N–H and O–H groups in total. The smallest absolute Gasteiger partial charge is 0.407 e. The van der Waals surface area contributed by atoms with Crippen molar-refractivity contribution in [3.8, 4) is 0 Å². The topological polar surface area (TPSA) is 222 Å². The van der Waals surface area contributed by atoms with Gasteiger partial charge in [0, 0.05) is 17.4 Å². The molecule has 22 heteroatoms. The molecule has 1 aliphatic heterocycles. The molecule has 0 amide bonds. The first kappa shape index (κ1) is 39.8. The molecule has 3 aromatic rings. The third-order valence-corrected chi connectivity index (χ3v) is 11.1. The van der Waals surface area contributed by atoms with Gasteiger partial charge in [-0.3, -0.25) is 23.4 Å². The fraction of sp³-hybridized carbons (Fsp3) is 0.467. The molecule has 3 heterocycles. The predicted octanol–water partition coefficient (Wildman–Crippen LogP) is 3.34. The summed E-state index contributed by atoms with van der Waals surface area (Å²) in [6.45, 7) is 3.11. The molecule has 0 spiro atoms. The molecule has 6 atom stereocenters. The zero-order valence-corrected chi connectivity index (χ0v) is 31.9. The number of allylic oxidation sites excluding steroid dienone is 2. The Labute approximate surface area is 306 Å². The molecule has 284 valence electrons. The lowest BCUT2D eigenvalue weighted by molar-refractivity contribution is -0.151. The number of aromatic nitrogens is 4. The van der Waals surface area contributed by atoms with Crippen LogP contribution < -0.4 is 20.7 Å². The fourth-order valence-corrected chi connectivity index (χ4v) is 8.18. The molecule has 0 saturated carbocycles. The Morgan fingerprint density at radius 1 is 1.29 bits per heavy atom. The van der Waals surface area contributed by atoms with Gasteiger partial charge in [-0.1, -0.05) is 41.1 Å². The minimum absolute atomic E-state index is 0.0562. The Morgan fingerprint density at radius 2 is 1.98 bits per heavy atom. The second-order valence-corrected chi connectivity index (χ2v) is 17.0. The number of benzene rings is 1. The SMILES string of the molecule is C[C@@H]1C(n2cnc3c(N(C)NS(C)(=O)=O)nc(N)nc32)OC(COP(=O)(NC(C)(C)C(=O)OCc2c(F)cccc2F)OC2C=CC(Br)=CC2)[C@H]1O. The lowest BCUT2D eigenvalue weighted by atomic mass is 10.0. The molecule has 2 aromatic heterocycles. The maximum atomic E-state index is 14.3. The highest BCUT2D eigenvalue weighted by Gasteiger charge is 2.46. The molecule has 52 heavy (non-hydrogen) atoms. The van der Waals surface area contributed by atoms with Crippen molar-refractivity contribution in [2.24, 2.45) is 5.92 Å². The molecule has 2 aliphatic rings. The maximum Gasteiger partial charge on any atom is 0.407 e. The monoisotopic (exact) mass is 834 g/mol. The van der Waals surface area contributed by atoms with Gasteiger partial charge in [0.1, 0.15) is 36.1 Å². The van der Waals surface area contributed by atoms with Crippen molar-refractivity contribution in [2.75, 3.05) is 30.7 Å². The summed E-state index contributed by atoms with van der Waals surface area (Å²) in [5.41, 5.74) is 4.06. The Balaban J connectivity index is 1.34. The van der Waals surface area contributed by atoms with Gasteiger partial charge in [0.2, 0.25) is 16.0 Å². The number of nitrogens with two attached hydrogens (primary N) is 1. The quantitative estimate of drug-likeness (QED) is 0.104. The van der Waals surface area contributed by atoms with Crippen LogP contribution in [0.25, 0.3) is 11.2 Å². The second kappa shape index (κ2) is 15.5. The van der Waals surface area contributed by atoms with E-state index in [1.54, 1.807) is 25.2 Å². The van der Waals surface area contributed by atoms with Crippen molar-refractivity contribution in [3.05, 3.63) is 64.4 Å². The van der Waals surface area contributed by atoms with Crippen LogP contribution >= 0.6 is 23.7 Å². The summed E-state index contributed by atoms with van der Waals surface area (Å²) in [5, 5.41) is 14.9. The van der Waals surface area contributed by atoms with Crippen LogP contribution in [-0.2, 0) is 44.5 Å². The number of nitrogens with zero attached hydrogens (tertiary/aromatic N) is 5. The predicted molar refractivity (Wildman–Crippen MR) is 188 cm³/mol. The highest BCUT2D eigenvalue weighted by molar-refractivity contribution is 9.11. The van der Waals surface area contributed by atoms with E-state index in [2.05, 4.69) is 40.8 Å². The van der Waals surface area contributed by atoms with Crippen molar-refractivity contribution < 1.29 is 50.2 Å². The van der Waals surface area contributed by atoms with E-state index in [-0.39, 0.29) is 22.9 Å². The van der Waals surface area contributed by atoms with Crippen molar-refractivity contribution in [1.29, 1.82) is 0 Å². The number of hydrazine groups is 1. The summed E-state index contributed by atoms with van der Waals surface area (Å²) in [6, 6.07) is 3.22. The largest absolute Gasteiger partial charge is 0.459 e. The number of ether oxygens (including phenoxy) is 2. The van der Waals surface area contributed by atoms with Crippen LogP contribution in [0.2, 0.25) is 0 Å². The number of aliphatic hydroxyl groups excluding tert-OH is 1. The molecule has 1 saturated heterocycles. The van der Waals surface area contributed by atoms with Crippen molar-refractivity contribution in [3.63, 3.8) is 0 Å². The summed E-state index contributed by atoms with van der Waals surface area (Å²) in [5.74, 6) is -3.59. The van der Waals surface area contributed by atoms with Crippen LogP contribution in [0.3, 0.4) is 0 Å². The number of nitrogen functional groups attached to an aromatic ring is 1. The van der Waals surface area contributed by atoms with E-state index in [9.17, 15) is 31.7 Å². The number of carbonyl (C=O) groups excluding carboxylic acids is 1. The molecule has 1 fully saturated rings. The minimum Gasteiger partial charge on any atom is -0.459 e. The lowest BCUT2D eigenvalue weighted by Gasteiger charge is -2.31. The summed E-state index contributed by atoms with van der Waals surface area (Å²) in [4.78, 5) is 28.1. The van der Waals surface area contributed by atoms with Gasteiger partial charge in [-0.2, -0.15) is 9.97 Å². The highest BCUT2D eigenvalue weighted by atomic mass is 79.9. The van der Waals surface area contributed by atoms with E-state index in [1.807, 2.05) is 0 Å². The van der Waals surface area contributed by atoms with Crippen molar-refractivity contribution in [1.82, 2.24) is 29.4 Å². The second-order valence-electron chi connectivity index (χ2n) is 12.7. The summed E-state index contributed by atoms with van der Waals surface area (Å²) >= 11 is 3.35. The van der Waals surface area contributed by atoms with Gasteiger partial charge in [-0.15, -0.1) is 4.83 Å². The third kappa shape index (κ3) is 9.20. The van der Waals surface area contributed by atoms with Crippen LogP contribution in [0.1, 0.15) is 39.0 Å². The standard InChI is InChI=1S/C30H38BrF2N8O9PS/c1-16-24(42)22(49-27(16)41-15-35-23-25(36-29(34)37-26(23)41)40(4)39-52(5,45)46)14-48-51(44,50-18-11-9-17(31)10-12-18)38-30(2,3)28(43)47-13-19-20(32)7-6-8-21(19)33/h6-11,15-16,18,22,24,27,39,42H,12-14H2,1-5H3,(H,38,44)(H2,34,36,37)/t16-,18?,22?,24-,27?,51?/m0/s1. The van der Waals surface area contributed by atoms with Gasteiger partial charge in [0.25, 0.3) is 0 Å². The number of carbonyl (C=O) groups is 1. The van der Waals surface area contributed by atoms with Gasteiger partial charge in [0.05, 0.1) is 37.0 Å². The van der Waals surface area contributed by atoms with Gasteiger partial charge in [0.15, 0.2) is 17.0 Å². The number of hydrogen-bond acceptors (Lipinski definition) is 14. The molecule has 5 rings (SSSR count). The first-order valence-corrected chi connectivity index (χ1v) is 19.9. The molecular formula is C30H38BrF2N8O9PS. The van der Waals surface area contributed by atoms with Crippen LogP contribution in [0.5, 0.6) is 0 Å². The number of fused-ring (bicyclic) bond motifs is 1. The number of anilines is 2. The zero-order chi connectivity index (χ0) is 38.2. The Hall–Kier alpha value is -3.40. The minimum atomic E-state index is -4.46. The van der Waals surface area contributed by atoms with Crippen molar-refractivity contribution in [2.45, 2.75) is 63.9 Å². The van der Waals surface area contributed by atoms with Crippen LogP contribution in [0, 0.1) is 17.6 Å². The third-order valence-electron chi connectivity index (χ3n) is 8.03. The highest BCUT2D eigenvalue weighted by Crippen LogP contribution is 2.50. The van der Waals surface area contributed by atoms with E-state index >= 15 is 0 Å². The van der Waals surface area contributed by atoms with E-state index < -0.39 is 90.1 Å². The van der Waals surface area contributed by atoms with E-state index in [0.29, 0.717) is 6.42 Å². The molecule has 0 radical (unpaired) electrons. The number of sulfonamides is 1. The first-order valence-electron chi connectivity index (χ1n) is 15.7. The number of rotatable bonds is 14. The fourth-order valence-electron chi connectivity index (χ4n) is 5.45. The van der Waals surface area contributed by atoms with Crippen molar-refractivity contribution >= 4 is 62.6 Å². The average molecular weight is 836 g/mol. The number of halogens is 3. The molecule has 17 nitrogen and oxygen atoms in total. The first-order chi connectivity index (χ1) is 24.3. The Kier molecular flexibility index (Phi) is 11.9. The van der Waals surface area contributed by atoms with E-state index in [4.69, 9.17) is 24.3 Å². The zero-order valence-electron chi connectivity index (χ0n) is 28.6. The number of aliphatic hydroxyl groups is 1. The number of hydrogen-bond donors (Lipinski definition) is 4. The normalized spacial score (nSPS) is 23.4. The number of imidazole rings is 1. The van der Waals surface area contributed by atoms with Gasteiger partial charge in [-0.25, -0.2) is 31.8 Å². The molecule has 0 bridgehead atoms. The molecule has 1 aromatic carbocycles. The van der Waals surface area contributed by atoms with Gasteiger partial charge < -0.3 is 20.3 Å². The van der Waals surface area contributed by atoms with E-state index in [0.717, 1.165) is 27.9 Å². The van der Waals surface area contributed by atoms with Gasteiger partial charge in [-0.05, 0) is 38.5 Å². The molecule has 4 unspecified atom stereocenters. The average Bonchev–Trinajstić information content (AvgIpc) is 3.58. The molecule has 1 aliphatic carbocycles. The Morgan fingerprint density at radius 3 is 2.62 bits per heavy atom. The number of nitrogens with one attached hydrogen (secondary N) is 2.